The zero-order chi connectivity index (χ0) is 20.7. The molecule has 3 N–H and O–H groups in total. The molecule has 6 heteroatoms. The lowest BCUT2D eigenvalue weighted by Gasteiger charge is -2.32. The Morgan fingerprint density at radius 2 is 1.71 bits per heavy atom. The van der Waals surface area contributed by atoms with Crippen molar-refractivity contribution in [3.05, 3.63) is 65.2 Å². The molecule has 2 aromatic rings. The van der Waals surface area contributed by atoms with E-state index >= 15 is 0 Å². The molecule has 0 saturated heterocycles. The van der Waals surface area contributed by atoms with Crippen molar-refractivity contribution in [2.24, 2.45) is 11.1 Å². The minimum atomic E-state index is -0.238. The van der Waals surface area contributed by atoms with Gasteiger partial charge in [0, 0.05) is 31.3 Å². The maximum Gasteiger partial charge on any atom is 0.254 e. The number of anilines is 1. The standard InChI is InChI=1S/C22H26N4O2/c1-16(27)25-20-10-6-18(7-11-20)13-26(15-22(2,3)14-24)21(28)19-8-4-17(12-23)5-9-19/h4-11H,13-15,24H2,1-3H3,(H,25,27). The molecule has 2 aromatic carbocycles. The summed E-state index contributed by atoms with van der Waals surface area (Å²) in [6.45, 7) is 6.86. The van der Waals surface area contributed by atoms with Gasteiger partial charge in [-0.3, -0.25) is 9.59 Å². The van der Waals surface area contributed by atoms with E-state index in [1.807, 2.05) is 38.1 Å². The van der Waals surface area contributed by atoms with Crippen molar-refractivity contribution in [2.45, 2.75) is 27.3 Å². The lowest BCUT2D eigenvalue weighted by molar-refractivity contribution is -0.114. The predicted molar refractivity (Wildman–Crippen MR) is 109 cm³/mol. The molecule has 0 aliphatic rings. The van der Waals surface area contributed by atoms with Crippen LogP contribution in [-0.2, 0) is 11.3 Å². The second kappa shape index (κ2) is 9.16. The van der Waals surface area contributed by atoms with Crippen LogP contribution in [0.2, 0.25) is 0 Å². The van der Waals surface area contributed by atoms with Crippen LogP contribution < -0.4 is 11.1 Å². The van der Waals surface area contributed by atoms with Crippen LogP contribution in [0.25, 0.3) is 0 Å². The molecule has 146 valence electrons. The number of hydrogen-bond donors (Lipinski definition) is 2. The zero-order valence-electron chi connectivity index (χ0n) is 16.5. The van der Waals surface area contributed by atoms with Crippen LogP contribution in [0.4, 0.5) is 5.69 Å². The summed E-state index contributed by atoms with van der Waals surface area (Å²) in [5.41, 5.74) is 8.34. The van der Waals surface area contributed by atoms with Gasteiger partial charge in [-0.05, 0) is 53.9 Å². The number of benzene rings is 2. The SMILES string of the molecule is CC(=O)Nc1ccc(CN(CC(C)(C)CN)C(=O)c2ccc(C#N)cc2)cc1. The smallest absolute Gasteiger partial charge is 0.254 e. The third-order valence-electron chi connectivity index (χ3n) is 4.37. The van der Waals surface area contributed by atoms with E-state index in [1.54, 1.807) is 29.2 Å². The van der Waals surface area contributed by atoms with E-state index in [0.717, 1.165) is 5.56 Å². The molecule has 0 spiro atoms. The molecule has 0 aliphatic heterocycles. The molecular formula is C22H26N4O2. The highest BCUT2D eigenvalue weighted by Crippen LogP contribution is 2.20. The molecular weight excluding hydrogens is 352 g/mol. The minimum Gasteiger partial charge on any atom is -0.334 e. The highest BCUT2D eigenvalue weighted by Gasteiger charge is 2.25. The van der Waals surface area contributed by atoms with Gasteiger partial charge in [0.1, 0.15) is 0 Å². The van der Waals surface area contributed by atoms with Crippen molar-refractivity contribution < 1.29 is 9.59 Å². The van der Waals surface area contributed by atoms with Gasteiger partial charge in [0.2, 0.25) is 5.91 Å². The van der Waals surface area contributed by atoms with Gasteiger partial charge in [-0.2, -0.15) is 5.26 Å². The number of hydrogen-bond acceptors (Lipinski definition) is 4. The number of carbonyl (C=O) groups excluding carboxylic acids is 2. The summed E-state index contributed by atoms with van der Waals surface area (Å²) in [4.78, 5) is 26.0. The van der Waals surface area contributed by atoms with Gasteiger partial charge in [-0.15, -0.1) is 0 Å². The van der Waals surface area contributed by atoms with Gasteiger partial charge >= 0.3 is 0 Å². The number of rotatable bonds is 7. The monoisotopic (exact) mass is 378 g/mol. The largest absolute Gasteiger partial charge is 0.334 e. The van der Waals surface area contributed by atoms with E-state index in [4.69, 9.17) is 11.0 Å². The Morgan fingerprint density at radius 3 is 2.21 bits per heavy atom. The molecule has 0 saturated carbocycles. The Bertz CT molecular complexity index is 865. The van der Waals surface area contributed by atoms with E-state index in [2.05, 4.69) is 11.4 Å². The van der Waals surface area contributed by atoms with Crippen LogP contribution in [0.15, 0.2) is 48.5 Å². The fourth-order valence-corrected chi connectivity index (χ4v) is 2.77. The van der Waals surface area contributed by atoms with Crippen molar-refractivity contribution in [1.29, 1.82) is 5.26 Å². The van der Waals surface area contributed by atoms with Gasteiger partial charge in [0.05, 0.1) is 11.6 Å². The van der Waals surface area contributed by atoms with Gasteiger partial charge in [0.15, 0.2) is 0 Å². The fourth-order valence-electron chi connectivity index (χ4n) is 2.77. The number of nitrogens with two attached hydrogens (primary N) is 1. The summed E-state index contributed by atoms with van der Waals surface area (Å²) in [5.74, 6) is -0.244. The Labute approximate surface area is 166 Å². The molecule has 0 atom stereocenters. The van der Waals surface area contributed by atoms with Crippen molar-refractivity contribution in [3.8, 4) is 6.07 Å². The maximum atomic E-state index is 13.1. The molecule has 2 rings (SSSR count). The van der Waals surface area contributed by atoms with Crippen LogP contribution in [0.1, 0.15) is 42.3 Å². The summed E-state index contributed by atoms with van der Waals surface area (Å²) in [6.07, 6.45) is 0. The zero-order valence-corrected chi connectivity index (χ0v) is 16.5. The van der Waals surface area contributed by atoms with E-state index in [9.17, 15) is 9.59 Å². The Hall–Kier alpha value is -3.17. The van der Waals surface area contributed by atoms with E-state index in [-0.39, 0.29) is 17.2 Å². The Balaban J connectivity index is 2.24. The lowest BCUT2D eigenvalue weighted by Crippen LogP contribution is -2.41. The average molecular weight is 378 g/mol. The number of nitrogens with zero attached hydrogens (tertiary/aromatic N) is 2. The number of nitrogens with one attached hydrogen (secondary N) is 1. The van der Waals surface area contributed by atoms with Crippen molar-refractivity contribution in [2.75, 3.05) is 18.4 Å². The van der Waals surface area contributed by atoms with Crippen molar-refractivity contribution in [3.63, 3.8) is 0 Å². The average Bonchev–Trinajstić information content (AvgIpc) is 2.68. The molecule has 6 nitrogen and oxygen atoms in total. The summed E-state index contributed by atoms with van der Waals surface area (Å²) >= 11 is 0. The predicted octanol–water partition coefficient (Wildman–Crippen LogP) is 3.14. The van der Waals surface area contributed by atoms with E-state index in [0.29, 0.717) is 36.4 Å². The summed E-state index contributed by atoms with van der Waals surface area (Å²) in [7, 11) is 0. The van der Waals surface area contributed by atoms with Gasteiger partial charge in [0.25, 0.3) is 5.91 Å². The highest BCUT2D eigenvalue weighted by atomic mass is 16.2. The van der Waals surface area contributed by atoms with Crippen molar-refractivity contribution >= 4 is 17.5 Å². The van der Waals surface area contributed by atoms with E-state index in [1.165, 1.54) is 6.92 Å². The molecule has 0 unspecified atom stereocenters. The summed E-state index contributed by atoms with van der Waals surface area (Å²) in [5, 5.41) is 11.7. The third-order valence-corrected chi connectivity index (χ3v) is 4.37. The van der Waals surface area contributed by atoms with Gasteiger partial charge < -0.3 is 16.0 Å². The van der Waals surface area contributed by atoms with E-state index < -0.39 is 0 Å². The quantitative estimate of drug-likeness (QED) is 0.773. The topological polar surface area (TPSA) is 99.2 Å². The Kier molecular flexibility index (Phi) is 6.91. The van der Waals surface area contributed by atoms with Crippen LogP contribution in [0.3, 0.4) is 0 Å². The first-order valence-electron chi connectivity index (χ1n) is 9.10. The van der Waals surface area contributed by atoms with Crippen LogP contribution in [0.5, 0.6) is 0 Å². The molecule has 0 aromatic heterocycles. The third kappa shape index (κ3) is 5.93. The van der Waals surface area contributed by atoms with Crippen LogP contribution in [-0.4, -0.2) is 29.8 Å². The Morgan fingerprint density at radius 1 is 1.11 bits per heavy atom. The molecule has 2 amide bonds. The molecule has 0 fully saturated rings. The number of carbonyl (C=O) groups is 2. The van der Waals surface area contributed by atoms with Crippen LogP contribution in [0, 0.1) is 16.7 Å². The lowest BCUT2D eigenvalue weighted by atomic mass is 9.92. The summed E-state index contributed by atoms with van der Waals surface area (Å²) < 4.78 is 0. The first-order valence-corrected chi connectivity index (χ1v) is 9.10. The van der Waals surface area contributed by atoms with Crippen molar-refractivity contribution in [1.82, 2.24) is 4.90 Å². The molecule has 0 heterocycles. The summed E-state index contributed by atoms with van der Waals surface area (Å²) in [6, 6.07) is 16.1. The number of amides is 2. The fraction of sp³-hybridized carbons (Fsp3) is 0.318. The first kappa shape index (κ1) is 21.1. The molecule has 0 radical (unpaired) electrons. The minimum absolute atomic E-state index is 0.114. The molecule has 0 bridgehead atoms. The number of nitriles is 1. The molecule has 28 heavy (non-hydrogen) atoms. The maximum absolute atomic E-state index is 13.1. The second-order valence-electron chi connectivity index (χ2n) is 7.60. The first-order chi connectivity index (χ1) is 13.2. The molecule has 0 aliphatic carbocycles. The van der Waals surface area contributed by atoms with Gasteiger partial charge in [-0.1, -0.05) is 26.0 Å². The normalized spacial score (nSPS) is 10.8. The van der Waals surface area contributed by atoms with Gasteiger partial charge in [-0.25, -0.2) is 0 Å². The van der Waals surface area contributed by atoms with Crippen LogP contribution >= 0.6 is 0 Å². The highest BCUT2D eigenvalue weighted by molar-refractivity contribution is 5.94. The second-order valence-corrected chi connectivity index (χ2v) is 7.60.